The number of rotatable bonds is 4. The Hall–Kier alpha value is -3.34. The number of aromatic nitrogens is 1. The Bertz CT molecular complexity index is 1150. The summed E-state index contributed by atoms with van der Waals surface area (Å²) in [4.78, 5) is 16.9. The largest absolute Gasteiger partial charge is 0.396 e. The van der Waals surface area contributed by atoms with Crippen molar-refractivity contribution in [1.82, 2.24) is 4.98 Å². The van der Waals surface area contributed by atoms with Crippen molar-refractivity contribution in [1.29, 1.82) is 0 Å². The molecule has 0 saturated carbocycles. The molecule has 29 heavy (non-hydrogen) atoms. The molecule has 1 aromatic heterocycles. The van der Waals surface area contributed by atoms with Gasteiger partial charge in [-0.2, -0.15) is 0 Å². The topological polar surface area (TPSA) is 56.0 Å². The molecule has 1 aliphatic rings. The molecule has 0 unspecified atom stereocenters. The number of carbonyl (C=O) groups excluding carboxylic acids is 1. The van der Waals surface area contributed by atoms with Crippen LogP contribution in [0.15, 0.2) is 60.3 Å². The third-order valence-electron chi connectivity index (χ3n) is 5.40. The molecular formula is C24H20F2N2O. The van der Waals surface area contributed by atoms with Crippen LogP contribution in [0.25, 0.3) is 5.57 Å². The second kappa shape index (κ2) is 7.59. The Morgan fingerprint density at radius 3 is 2.69 bits per heavy atom. The van der Waals surface area contributed by atoms with E-state index in [4.69, 9.17) is 5.73 Å². The van der Waals surface area contributed by atoms with E-state index in [0.29, 0.717) is 23.3 Å². The number of nitrogens with zero attached hydrogens (tertiary/aromatic N) is 1. The lowest BCUT2D eigenvalue weighted by atomic mass is 9.82. The van der Waals surface area contributed by atoms with Gasteiger partial charge in [-0.15, -0.1) is 0 Å². The van der Waals surface area contributed by atoms with Gasteiger partial charge in [-0.25, -0.2) is 8.78 Å². The second-order valence-corrected chi connectivity index (χ2v) is 7.30. The highest BCUT2D eigenvalue weighted by molar-refractivity contribution is 6.07. The Morgan fingerprint density at radius 1 is 1.07 bits per heavy atom. The molecule has 1 aliphatic carbocycles. The molecule has 0 radical (unpaired) electrons. The van der Waals surface area contributed by atoms with Crippen LogP contribution in [0.1, 0.15) is 34.9 Å². The number of carbonyl (C=O) groups is 1. The summed E-state index contributed by atoms with van der Waals surface area (Å²) in [5.74, 6) is -0.846. The lowest BCUT2D eigenvalue weighted by Gasteiger charge is -2.22. The summed E-state index contributed by atoms with van der Waals surface area (Å²) in [6.45, 7) is 1.88. The fourth-order valence-corrected chi connectivity index (χ4v) is 3.82. The summed E-state index contributed by atoms with van der Waals surface area (Å²) in [5.41, 5.74) is 10.7. The minimum atomic E-state index is -0.473. The van der Waals surface area contributed by atoms with Crippen LogP contribution in [0.4, 0.5) is 14.5 Å². The maximum atomic E-state index is 14.3. The lowest BCUT2D eigenvalue weighted by Crippen LogP contribution is -2.17. The molecule has 5 heteroatoms. The number of anilines is 1. The molecule has 0 amide bonds. The lowest BCUT2D eigenvalue weighted by molar-refractivity contribution is -0.115. The molecule has 0 bridgehead atoms. The fraction of sp³-hybridized carbons (Fsp3) is 0.167. The van der Waals surface area contributed by atoms with Crippen LogP contribution in [0.2, 0.25) is 0 Å². The zero-order valence-corrected chi connectivity index (χ0v) is 16.0. The number of benzene rings is 2. The smallest absolute Gasteiger partial charge is 0.163 e. The minimum Gasteiger partial charge on any atom is -0.396 e. The van der Waals surface area contributed by atoms with Gasteiger partial charge in [0.25, 0.3) is 0 Å². The van der Waals surface area contributed by atoms with Gasteiger partial charge < -0.3 is 5.73 Å². The van der Waals surface area contributed by atoms with E-state index in [2.05, 4.69) is 4.98 Å². The van der Waals surface area contributed by atoms with Crippen LogP contribution in [0, 0.1) is 11.6 Å². The first kappa shape index (κ1) is 19.0. The number of ketones is 1. The summed E-state index contributed by atoms with van der Waals surface area (Å²) in [7, 11) is 0. The zero-order valence-electron chi connectivity index (χ0n) is 16.0. The van der Waals surface area contributed by atoms with Crippen molar-refractivity contribution in [3.8, 4) is 0 Å². The van der Waals surface area contributed by atoms with Crippen LogP contribution in [-0.2, 0) is 24.1 Å². The minimum absolute atomic E-state index is 0.0296. The standard InChI is InChI=1S/C24H20F2N2O/c1-14-18-8-7-15(11-22-20(25)5-3-9-28-22)10-17(18)13-23(29)19(14)12-16-4-2-6-21(27)24(16)26/h2-10H,11-13,27H2,1H3. The summed E-state index contributed by atoms with van der Waals surface area (Å²) in [6.07, 6.45) is 2.37. The Morgan fingerprint density at radius 2 is 1.90 bits per heavy atom. The number of pyridine rings is 1. The SMILES string of the molecule is CC1=C(Cc2cccc(N)c2F)C(=O)Cc2cc(Cc3ncccc3F)ccc21. The molecule has 4 rings (SSSR count). The van der Waals surface area contributed by atoms with Crippen molar-refractivity contribution in [2.75, 3.05) is 5.73 Å². The molecule has 3 aromatic rings. The maximum Gasteiger partial charge on any atom is 0.163 e. The Labute approximate surface area is 167 Å². The van der Waals surface area contributed by atoms with E-state index in [9.17, 15) is 13.6 Å². The summed E-state index contributed by atoms with van der Waals surface area (Å²) in [5, 5.41) is 0. The second-order valence-electron chi connectivity index (χ2n) is 7.30. The van der Waals surface area contributed by atoms with Gasteiger partial charge in [0.2, 0.25) is 0 Å². The third kappa shape index (κ3) is 3.68. The molecule has 1 heterocycles. The van der Waals surface area contributed by atoms with Crippen LogP contribution in [0.5, 0.6) is 0 Å². The number of halogens is 2. The first-order valence-electron chi connectivity index (χ1n) is 9.41. The first-order valence-corrected chi connectivity index (χ1v) is 9.41. The van der Waals surface area contributed by atoms with Crippen LogP contribution < -0.4 is 5.73 Å². The van der Waals surface area contributed by atoms with Gasteiger partial charge in [0.15, 0.2) is 5.78 Å². The highest BCUT2D eigenvalue weighted by Crippen LogP contribution is 2.33. The normalized spacial score (nSPS) is 13.6. The van der Waals surface area contributed by atoms with Crippen LogP contribution in [-0.4, -0.2) is 10.8 Å². The highest BCUT2D eigenvalue weighted by Gasteiger charge is 2.24. The Kier molecular flexibility index (Phi) is 4.97. The van der Waals surface area contributed by atoms with E-state index < -0.39 is 5.82 Å². The molecule has 0 fully saturated rings. The first-order chi connectivity index (χ1) is 13.9. The van der Waals surface area contributed by atoms with Crippen molar-refractivity contribution in [3.63, 3.8) is 0 Å². The summed E-state index contributed by atoms with van der Waals surface area (Å²) >= 11 is 0. The average Bonchev–Trinajstić information content (AvgIpc) is 2.70. The number of allylic oxidation sites excluding steroid dienone is 2. The summed E-state index contributed by atoms with van der Waals surface area (Å²) < 4.78 is 28.2. The number of fused-ring (bicyclic) bond motifs is 1. The van der Waals surface area contributed by atoms with Gasteiger partial charge >= 0.3 is 0 Å². The number of Topliss-reactive ketones (excluding diaryl/α,β-unsaturated/α-hetero) is 1. The highest BCUT2D eigenvalue weighted by atomic mass is 19.1. The van der Waals surface area contributed by atoms with Crippen molar-refractivity contribution in [3.05, 3.63) is 99.9 Å². The Balaban J connectivity index is 1.66. The molecule has 3 nitrogen and oxygen atoms in total. The van der Waals surface area contributed by atoms with E-state index in [0.717, 1.165) is 22.3 Å². The van der Waals surface area contributed by atoms with E-state index in [1.807, 2.05) is 25.1 Å². The molecule has 0 saturated heterocycles. The number of hydrogen-bond donors (Lipinski definition) is 1. The van der Waals surface area contributed by atoms with Crippen molar-refractivity contribution in [2.45, 2.75) is 26.2 Å². The van der Waals surface area contributed by atoms with E-state index >= 15 is 0 Å². The van der Waals surface area contributed by atoms with Crippen molar-refractivity contribution < 1.29 is 13.6 Å². The van der Waals surface area contributed by atoms with Gasteiger partial charge in [0.1, 0.15) is 11.6 Å². The fourth-order valence-electron chi connectivity index (χ4n) is 3.82. The molecule has 2 aromatic carbocycles. The number of nitrogens with two attached hydrogens (primary N) is 1. The number of hydrogen-bond acceptors (Lipinski definition) is 3. The molecule has 2 N–H and O–H groups in total. The average molecular weight is 390 g/mol. The van der Waals surface area contributed by atoms with Gasteiger partial charge in [-0.1, -0.05) is 30.3 Å². The van der Waals surface area contributed by atoms with Gasteiger partial charge in [0, 0.05) is 31.0 Å². The predicted molar refractivity (Wildman–Crippen MR) is 109 cm³/mol. The summed E-state index contributed by atoms with van der Waals surface area (Å²) in [6, 6.07) is 13.6. The molecular weight excluding hydrogens is 370 g/mol. The molecule has 146 valence electrons. The van der Waals surface area contributed by atoms with Crippen molar-refractivity contribution >= 4 is 17.0 Å². The van der Waals surface area contributed by atoms with E-state index in [1.165, 1.54) is 12.1 Å². The van der Waals surface area contributed by atoms with Crippen molar-refractivity contribution in [2.24, 2.45) is 0 Å². The molecule has 0 spiro atoms. The zero-order chi connectivity index (χ0) is 20.5. The van der Waals surface area contributed by atoms with E-state index in [-0.39, 0.29) is 30.1 Å². The van der Waals surface area contributed by atoms with Gasteiger partial charge in [-0.3, -0.25) is 9.78 Å². The maximum absolute atomic E-state index is 14.3. The predicted octanol–water partition coefficient (Wildman–Crippen LogP) is 4.67. The van der Waals surface area contributed by atoms with Crippen LogP contribution >= 0.6 is 0 Å². The number of nitrogen functional groups attached to an aromatic ring is 1. The van der Waals surface area contributed by atoms with Crippen LogP contribution in [0.3, 0.4) is 0 Å². The van der Waals surface area contributed by atoms with E-state index in [1.54, 1.807) is 24.4 Å². The third-order valence-corrected chi connectivity index (χ3v) is 5.40. The quantitative estimate of drug-likeness (QED) is 0.659. The van der Waals surface area contributed by atoms with Gasteiger partial charge in [0.05, 0.1) is 11.4 Å². The molecule has 0 atom stereocenters. The van der Waals surface area contributed by atoms with Gasteiger partial charge in [-0.05, 0) is 52.9 Å². The monoisotopic (exact) mass is 390 g/mol. The molecule has 0 aliphatic heterocycles.